The molecule has 0 amide bonds. The fraction of sp³-hybridized carbons (Fsp3) is 0.571. The van der Waals surface area contributed by atoms with Crippen molar-refractivity contribution in [2.45, 2.75) is 32.8 Å². The smallest absolute Gasteiger partial charge is 0.0518 e. The predicted octanol–water partition coefficient (Wildman–Crippen LogP) is 4.82. The molecule has 0 saturated carbocycles. The average molecular weight is 364 g/mol. The molecule has 3 heteroatoms. The fourth-order valence-corrected chi connectivity index (χ4v) is 2.68. The van der Waals surface area contributed by atoms with E-state index < -0.39 is 0 Å². The van der Waals surface area contributed by atoms with Crippen LogP contribution in [0.5, 0.6) is 0 Å². The molecule has 0 fully saturated rings. The lowest BCUT2D eigenvalue weighted by Crippen LogP contribution is -2.12. The first-order chi connectivity index (χ1) is 8.13. The van der Waals surface area contributed by atoms with Crippen LogP contribution in [0, 0.1) is 5.92 Å². The third-order valence-corrected chi connectivity index (χ3v) is 4.35. The van der Waals surface area contributed by atoms with Crippen LogP contribution in [0.15, 0.2) is 28.7 Å². The number of alkyl halides is 1. The van der Waals surface area contributed by atoms with Gasteiger partial charge in [-0.2, -0.15) is 0 Å². The lowest BCUT2D eigenvalue weighted by atomic mass is 9.98. The van der Waals surface area contributed by atoms with Crippen molar-refractivity contribution in [2.24, 2.45) is 5.92 Å². The van der Waals surface area contributed by atoms with E-state index in [2.05, 4.69) is 70.0 Å². The van der Waals surface area contributed by atoms with E-state index in [1.54, 1.807) is 0 Å². The Balaban J connectivity index is 2.44. The van der Waals surface area contributed by atoms with Crippen molar-refractivity contribution in [3.8, 4) is 0 Å². The van der Waals surface area contributed by atoms with Crippen LogP contribution < -0.4 is 0 Å². The molecule has 0 aromatic heterocycles. The molecule has 1 rings (SSSR count). The molecule has 0 saturated heterocycles. The SMILES string of the molecule is CC(C)OCCC(CBr)Cc1ccccc1Br. The molecule has 0 aliphatic heterocycles. The van der Waals surface area contributed by atoms with Crippen LogP contribution >= 0.6 is 31.9 Å². The van der Waals surface area contributed by atoms with Gasteiger partial charge in [0.25, 0.3) is 0 Å². The molecule has 1 atom stereocenters. The molecule has 0 N–H and O–H groups in total. The van der Waals surface area contributed by atoms with Gasteiger partial charge in [0.1, 0.15) is 0 Å². The molecule has 0 aliphatic carbocycles. The van der Waals surface area contributed by atoms with Gasteiger partial charge in [-0.3, -0.25) is 0 Å². The maximum atomic E-state index is 5.61. The molecular formula is C14H20Br2O. The maximum Gasteiger partial charge on any atom is 0.0518 e. The second kappa shape index (κ2) is 8.28. The summed E-state index contributed by atoms with van der Waals surface area (Å²) < 4.78 is 6.81. The highest BCUT2D eigenvalue weighted by atomic mass is 79.9. The van der Waals surface area contributed by atoms with E-state index >= 15 is 0 Å². The normalized spacial score (nSPS) is 13.0. The Morgan fingerprint density at radius 3 is 2.53 bits per heavy atom. The molecule has 17 heavy (non-hydrogen) atoms. The Bertz CT molecular complexity index is 326. The Kier molecular flexibility index (Phi) is 7.40. The van der Waals surface area contributed by atoms with Crippen LogP contribution in [0.4, 0.5) is 0 Å². The van der Waals surface area contributed by atoms with Gasteiger partial charge in [0.05, 0.1) is 6.10 Å². The van der Waals surface area contributed by atoms with E-state index in [-0.39, 0.29) is 0 Å². The zero-order valence-corrected chi connectivity index (χ0v) is 13.6. The van der Waals surface area contributed by atoms with Gasteiger partial charge in [-0.1, -0.05) is 50.1 Å². The van der Waals surface area contributed by atoms with Crippen LogP contribution in [0.2, 0.25) is 0 Å². The maximum absolute atomic E-state index is 5.61. The van der Waals surface area contributed by atoms with Crippen molar-refractivity contribution in [3.05, 3.63) is 34.3 Å². The summed E-state index contributed by atoms with van der Waals surface area (Å²) >= 11 is 7.19. The van der Waals surface area contributed by atoms with Gasteiger partial charge in [0, 0.05) is 16.4 Å². The van der Waals surface area contributed by atoms with Gasteiger partial charge < -0.3 is 4.74 Å². The van der Waals surface area contributed by atoms with Crippen molar-refractivity contribution in [3.63, 3.8) is 0 Å². The number of rotatable bonds is 7. The summed E-state index contributed by atoms with van der Waals surface area (Å²) in [5.74, 6) is 0.632. The zero-order valence-electron chi connectivity index (χ0n) is 10.5. The monoisotopic (exact) mass is 362 g/mol. The Hall–Kier alpha value is 0.140. The minimum Gasteiger partial charge on any atom is -0.379 e. The molecule has 1 nitrogen and oxygen atoms in total. The quantitative estimate of drug-likeness (QED) is 0.631. The highest BCUT2D eigenvalue weighted by Gasteiger charge is 2.10. The molecule has 0 spiro atoms. The van der Waals surface area contributed by atoms with E-state index in [1.807, 2.05) is 0 Å². The first kappa shape index (κ1) is 15.2. The summed E-state index contributed by atoms with van der Waals surface area (Å²) in [5.41, 5.74) is 1.38. The summed E-state index contributed by atoms with van der Waals surface area (Å²) in [7, 11) is 0. The third kappa shape index (κ3) is 6.03. The Labute approximate surface area is 121 Å². The lowest BCUT2D eigenvalue weighted by Gasteiger charge is -2.16. The summed E-state index contributed by atoms with van der Waals surface area (Å²) in [6.45, 7) is 5.01. The number of halogens is 2. The zero-order chi connectivity index (χ0) is 12.7. The second-order valence-corrected chi connectivity index (χ2v) is 6.03. The molecule has 0 aliphatic rings. The summed E-state index contributed by atoms with van der Waals surface area (Å²) in [4.78, 5) is 0. The van der Waals surface area contributed by atoms with Gasteiger partial charge in [0.2, 0.25) is 0 Å². The Morgan fingerprint density at radius 2 is 1.94 bits per heavy atom. The minimum atomic E-state index is 0.328. The summed E-state index contributed by atoms with van der Waals surface area (Å²) in [6, 6.07) is 8.43. The highest BCUT2D eigenvalue weighted by Crippen LogP contribution is 2.22. The first-order valence-electron chi connectivity index (χ1n) is 6.04. The number of hydrogen-bond acceptors (Lipinski definition) is 1. The van der Waals surface area contributed by atoms with Crippen molar-refractivity contribution >= 4 is 31.9 Å². The van der Waals surface area contributed by atoms with Crippen molar-refractivity contribution < 1.29 is 4.74 Å². The lowest BCUT2D eigenvalue weighted by molar-refractivity contribution is 0.0701. The average Bonchev–Trinajstić information content (AvgIpc) is 2.30. The topological polar surface area (TPSA) is 9.23 Å². The van der Waals surface area contributed by atoms with Crippen LogP contribution in [0.25, 0.3) is 0 Å². The van der Waals surface area contributed by atoms with Gasteiger partial charge in [0.15, 0.2) is 0 Å². The predicted molar refractivity (Wildman–Crippen MR) is 80.8 cm³/mol. The molecule has 0 radical (unpaired) electrons. The van der Waals surface area contributed by atoms with Crippen LogP contribution in [-0.4, -0.2) is 18.0 Å². The molecule has 96 valence electrons. The molecule has 0 heterocycles. The summed E-state index contributed by atoms with van der Waals surface area (Å²) in [6.07, 6.45) is 2.52. The van der Waals surface area contributed by atoms with Crippen LogP contribution in [0.3, 0.4) is 0 Å². The second-order valence-electron chi connectivity index (χ2n) is 4.52. The fourth-order valence-electron chi connectivity index (χ4n) is 1.68. The van der Waals surface area contributed by atoms with Gasteiger partial charge in [-0.05, 0) is 44.2 Å². The summed E-state index contributed by atoms with van der Waals surface area (Å²) in [5, 5.41) is 1.02. The van der Waals surface area contributed by atoms with Crippen molar-refractivity contribution in [1.82, 2.24) is 0 Å². The molecule has 1 unspecified atom stereocenters. The van der Waals surface area contributed by atoms with Crippen LogP contribution in [0.1, 0.15) is 25.8 Å². The first-order valence-corrected chi connectivity index (χ1v) is 7.96. The van der Waals surface area contributed by atoms with E-state index in [0.29, 0.717) is 12.0 Å². The molecule has 1 aromatic rings. The van der Waals surface area contributed by atoms with Gasteiger partial charge in [-0.25, -0.2) is 0 Å². The van der Waals surface area contributed by atoms with E-state index in [9.17, 15) is 0 Å². The molecule has 0 bridgehead atoms. The van der Waals surface area contributed by atoms with Crippen molar-refractivity contribution in [2.75, 3.05) is 11.9 Å². The number of ether oxygens (including phenoxy) is 1. The molecule has 1 aromatic carbocycles. The number of benzene rings is 1. The third-order valence-electron chi connectivity index (χ3n) is 2.66. The minimum absolute atomic E-state index is 0.328. The highest BCUT2D eigenvalue weighted by molar-refractivity contribution is 9.10. The van der Waals surface area contributed by atoms with Crippen LogP contribution in [-0.2, 0) is 11.2 Å². The van der Waals surface area contributed by atoms with E-state index in [0.717, 1.165) is 24.8 Å². The van der Waals surface area contributed by atoms with E-state index in [1.165, 1.54) is 10.0 Å². The largest absolute Gasteiger partial charge is 0.379 e. The van der Waals surface area contributed by atoms with Crippen molar-refractivity contribution in [1.29, 1.82) is 0 Å². The van der Waals surface area contributed by atoms with Gasteiger partial charge >= 0.3 is 0 Å². The standard InChI is InChI=1S/C14H20Br2O/c1-11(2)17-8-7-12(10-15)9-13-5-3-4-6-14(13)16/h3-6,11-12H,7-10H2,1-2H3. The van der Waals surface area contributed by atoms with E-state index in [4.69, 9.17) is 4.74 Å². The Morgan fingerprint density at radius 1 is 1.24 bits per heavy atom. The number of hydrogen-bond donors (Lipinski definition) is 0. The molecular weight excluding hydrogens is 344 g/mol. The van der Waals surface area contributed by atoms with Gasteiger partial charge in [-0.15, -0.1) is 0 Å².